The molecule has 0 bridgehead atoms. The van der Waals surface area contributed by atoms with Gasteiger partial charge in [0.05, 0.1) is 23.5 Å². The van der Waals surface area contributed by atoms with Gasteiger partial charge in [0.1, 0.15) is 5.75 Å². The number of nitrogens with two attached hydrogens (primary N) is 1. The molecule has 2 amide bonds. The Labute approximate surface area is 253 Å². The topological polar surface area (TPSA) is 106 Å². The minimum Gasteiger partial charge on any atom is -0.482 e. The van der Waals surface area contributed by atoms with Crippen LogP contribution in [-0.4, -0.2) is 70.6 Å². The first-order chi connectivity index (χ1) is 21.1. The number of hydroxylamine groups is 2. The van der Waals surface area contributed by atoms with E-state index in [0.29, 0.717) is 30.8 Å². The van der Waals surface area contributed by atoms with Crippen molar-refractivity contribution < 1.29 is 32.3 Å². The van der Waals surface area contributed by atoms with E-state index in [4.69, 9.17) is 20.4 Å². The lowest BCUT2D eigenvalue weighted by Crippen LogP contribution is -2.51. The highest BCUT2D eigenvalue weighted by atomic mass is 19.4. The summed E-state index contributed by atoms with van der Waals surface area (Å²) >= 11 is 0. The van der Waals surface area contributed by atoms with Gasteiger partial charge < -0.3 is 25.1 Å². The van der Waals surface area contributed by atoms with Crippen LogP contribution in [0.4, 0.5) is 23.7 Å². The van der Waals surface area contributed by atoms with E-state index in [2.05, 4.69) is 4.90 Å². The van der Waals surface area contributed by atoms with Crippen molar-refractivity contribution >= 4 is 17.7 Å². The van der Waals surface area contributed by atoms with E-state index in [1.807, 2.05) is 34.7 Å². The van der Waals surface area contributed by atoms with Crippen LogP contribution in [0.2, 0.25) is 0 Å². The number of aryl methyl sites for hydroxylation is 2. The Kier molecular flexibility index (Phi) is 8.25. The number of fused-ring (bicyclic) bond motifs is 2. The molecule has 2 aromatic carbocycles. The van der Waals surface area contributed by atoms with Crippen LogP contribution in [0.3, 0.4) is 0 Å². The maximum atomic E-state index is 13.2. The quantitative estimate of drug-likeness (QED) is 0.418. The number of likely N-dealkylation sites (tertiary alicyclic amines) is 1. The lowest BCUT2D eigenvalue weighted by Gasteiger charge is -2.41. The summed E-state index contributed by atoms with van der Waals surface area (Å²) in [5.74, 6) is 0.756. The van der Waals surface area contributed by atoms with Crippen molar-refractivity contribution in [2.45, 2.75) is 57.9 Å². The molecule has 13 heteroatoms. The second kappa shape index (κ2) is 12.1. The number of ether oxygens (including phenoxy) is 1. The van der Waals surface area contributed by atoms with Crippen LogP contribution in [0.5, 0.6) is 5.75 Å². The van der Waals surface area contributed by atoms with Crippen molar-refractivity contribution in [1.82, 2.24) is 19.7 Å². The number of alkyl halides is 3. The van der Waals surface area contributed by atoms with Crippen molar-refractivity contribution in [3.8, 4) is 17.0 Å². The van der Waals surface area contributed by atoms with E-state index in [1.54, 1.807) is 0 Å². The summed E-state index contributed by atoms with van der Waals surface area (Å²) in [6, 6.07) is 10.9. The maximum absolute atomic E-state index is 13.2. The zero-order valence-corrected chi connectivity index (χ0v) is 24.5. The van der Waals surface area contributed by atoms with E-state index in [1.165, 1.54) is 17.2 Å². The molecule has 0 saturated carbocycles. The summed E-state index contributed by atoms with van der Waals surface area (Å²) in [5, 5.41) is 6.28. The highest BCUT2D eigenvalue weighted by Gasteiger charge is 2.35. The molecule has 0 spiro atoms. The lowest BCUT2D eigenvalue weighted by molar-refractivity contribution is -0.137. The Morgan fingerprint density at radius 1 is 1.09 bits per heavy atom. The van der Waals surface area contributed by atoms with Gasteiger partial charge in [0.25, 0.3) is 5.91 Å². The average Bonchev–Trinajstić information content (AvgIpc) is 3.35. The third kappa shape index (κ3) is 6.11. The van der Waals surface area contributed by atoms with Crippen LogP contribution in [0.15, 0.2) is 42.5 Å². The molecular formula is C31H35F3N6O4. The molecule has 2 N–H and O–H groups in total. The number of para-hydroxylation sites is 1. The van der Waals surface area contributed by atoms with E-state index in [-0.39, 0.29) is 25.1 Å². The fourth-order valence-electron chi connectivity index (χ4n) is 6.53. The maximum Gasteiger partial charge on any atom is 0.423 e. The molecule has 1 fully saturated rings. The van der Waals surface area contributed by atoms with Gasteiger partial charge in [0, 0.05) is 55.5 Å². The number of hydrogen-bond acceptors (Lipinski definition) is 7. The molecule has 3 aliphatic heterocycles. The van der Waals surface area contributed by atoms with Crippen molar-refractivity contribution in [2.75, 3.05) is 37.7 Å². The van der Waals surface area contributed by atoms with Crippen LogP contribution >= 0.6 is 0 Å². The van der Waals surface area contributed by atoms with Crippen LogP contribution < -0.4 is 15.4 Å². The summed E-state index contributed by atoms with van der Waals surface area (Å²) in [7, 11) is 0. The average molecular weight is 613 g/mol. The van der Waals surface area contributed by atoms with Gasteiger partial charge in [-0.15, -0.1) is 5.06 Å². The van der Waals surface area contributed by atoms with Gasteiger partial charge >= 0.3 is 12.3 Å². The monoisotopic (exact) mass is 612 g/mol. The molecule has 3 aliphatic rings. The minimum absolute atomic E-state index is 0.00245. The van der Waals surface area contributed by atoms with Crippen LogP contribution in [0, 0.1) is 6.92 Å². The second-order valence-electron chi connectivity index (χ2n) is 11.5. The standard InChI is InChI=1S/C31H35F3N6O4/c1-20-4-2-5-26-29(20)40(27(41)19-43-26)23-10-15-37(16-11-23)13-3-14-39-25-12-17-38(44-30(35)42)18-24(25)28(36-39)21-6-8-22(9-7-21)31(32,33)34/h2,4-9,23H,3,10-19H2,1H3,(H2,35,42). The fraction of sp³-hybridized carbons (Fsp3) is 0.452. The van der Waals surface area contributed by atoms with E-state index < -0.39 is 17.8 Å². The summed E-state index contributed by atoms with van der Waals surface area (Å²) in [4.78, 5) is 33.7. The van der Waals surface area contributed by atoms with Crippen molar-refractivity contribution in [3.63, 3.8) is 0 Å². The van der Waals surface area contributed by atoms with E-state index in [9.17, 15) is 22.8 Å². The number of amides is 2. The Bertz CT molecular complexity index is 1530. The van der Waals surface area contributed by atoms with Crippen molar-refractivity contribution in [1.29, 1.82) is 0 Å². The SMILES string of the molecule is Cc1cccc2c1N(C1CCN(CCCn3nc(-c4ccc(C(F)(F)F)cc4)c4c3CCN(OC(N)=O)C4)CC1)C(=O)CO2. The normalized spacial score (nSPS) is 18.1. The Balaban J connectivity index is 1.11. The van der Waals surface area contributed by atoms with Crippen LogP contribution in [-0.2, 0) is 35.3 Å². The largest absolute Gasteiger partial charge is 0.482 e. The molecule has 1 saturated heterocycles. The van der Waals surface area contributed by atoms with Gasteiger partial charge in [-0.05, 0) is 56.5 Å². The third-order valence-electron chi connectivity index (χ3n) is 8.63. The minimum atomic E-state index is -4.43. The van der Waals surface area contributed by atoms with Crippen LogP contribution in [0.25, 0.3) is 11.3 Å². The molecule has 6 rings (SSSR count). The molecule has 0 unspecified atom stereocenters. The first-order valence-corrected chi connectivity index (χ1v) is 14.8. The van der Waals surface area contributed by atoms with Gasteiger partial charge in [0.2, 0.25) is 0 Å². The number of aromatic nitrogens is 2. The van der Waals surface area contributed by atoms with E-state index in [0.717, 1.165) is 79.3 Å². The zero-order chi connectivity index (χ0) is 31.0. The van der Waals surface area contributed by atoms with Gasteiger partial charge in [-0.25, -0.2) is 4.79 Å². The molecule has 4 heterocycles. The molecular weight excluding hydrogens is 577 g/mol. The molecule has 234 valence electrons. The summed E-state index contributed by atoms with van der Waals surface area (Å²) < 4.78 is 47.1. The Hall–Kier alpha value is -4.10. The summed E-state index contributed by atoms with van der Waals surface area (Å²) in [6.07, 6.45) is -2.24. The van der Waals surface area contributed by atoms with Crippen LogP contribution in [0.1, 0.15) is 41.6 Å². The highest BCUT2D eigenvalue weighted by molar-refractivity contribution is 5.99. The summed E-state index contributed by atoms with van der Waals surface area (Å²) in [6.45, 7) is 5.95. The second-order valence-corrected chi connectivity index (χ2v) is 11.5. The molecule has 0 atom stereocenters. The molecule has 0 aliphatic carbocycles. The van der Waals surface area contributed by atoms with E-state index >= 15 is 0 Å². The molecule has 1 aromatic heterocycles. The number of halogens is 3. The van der Waals surface area contributed by atoms with Gasteiger partial charge in [-0.2, -0.15) is 18.3 Å². The lowest BCUT2D eigenvalue weighted by atomic mass is 9.99. The number of nitrogens with zero attached hydrogens (tertiary/aromatic N) is 5. The smallest absolute Gasteiger partial charge is 0.423 e. The number of hydrogen-bond donors (Lipinski definition) is 1. The number of rotatable bonds is 7. The zero-order valence-electron chi connectivity index (χ0n) is 24.5. The van der Waals surface area contributed by atoms with Gasteiger partial charge in [-0.3, -0.25) is 9.48 Å². The number of carbonyl (C=O) groups excluding carboxylic acids is 2. The first-order valence-electron chi connectivity index (χ1n) is 14.8. The Morgan fingerprint density at radius 2 is 1.84 bits per heavy atom. The van der Waals surface area contributed by atoms with Crippen molar-refractivity contribution in [2.24, 2.45) is 5.73 Å². The Morgan fingerprint density at radius 3 is 2.55 bits per heavy atom. The van der Waals surface area contributed by atoms with Gasteiger partial charge in [0.15, 0.2) is 6.61 Å². The van der Waals surface area contributed by atoms with Gasteiger partial charge in [-0.1, -0.05) is 24.3 Å². The first kappa shape index (κ1) is 29.9. The molecule has 10 nitrogen and oxygen atoms in total. The fourth-order valence-corrected chi connectivity index (χ4v) is 6.53. The number of benzene rings is 2. The molecule has 0 radical (unpaired) electrons. The third-order valence-corrected chi connectivity index (χ3v) is 8.63. The summed E-state index contributed by atoms with van der Waals surface area (Å²) in [5.41, 5.74) is 9.31. The van der Waals surface area contributed by atoms with Crippen molar-refractivity contribution in [3.05, 3.63) is 64.8 Å². The number of carbonyl (C=O) groups is 2. The molecule has 44 heavy (non-hydrogen) atoms. The predicted octanol–water partition coefficient (Wildman–Crippen LogP) is 4.53. The number of primary amides is 1. The molecule has 3 aromatic rings. The number of piperidine rings is 1. The predicted molar refractivity (Wildman–Crippen MR) is 156 cm³/mol. The highest BCUT2D eigenvalue weighted by Crippen LogP contribution is 2.38. The number of anilines is 1.